The first-order valence-corrected chi connectivity index (χ1v) is 8.09. The van der Waals surface area contributed by atoms with E-state index in [2.05, 4.69) is 9.80 Å². The summed E-state index contributed by atoms with van der Waals surface area (Å²) < 4.78 is 24.7. The lowest BCUT2D eigenvalue weighted by Gasteiger charge is -2.33. The average molecular weight is 322 g/mol. The van der Waals surface area contributed by atoms with E-state index >= 15 is 0 Å². The minimum Gasteiger partial charge on any atom is -0.340 e. The van der Waals surface area contributed by atoms with E-state index in [1.165, 1.54) is 11.8 Å². The van der Waals surface area contributed by atoms with Gasteiger partial charge in [-0.25, -0.2) is 0 Å². The second-order valence-corrected chi connectivity index (χ2v) is 6.68. The SMILES string of the molecule is [2H]c1c([2H])c2c(c([2H])c1Cl)N(CCCN(C)C)c1ccccc1S2. The lowest BCUT2D eigenvalue weighted by Crippen LogP contribution is -2.25. The van der Waals surface area contributed by atoms with Crippen LogP contribution in [-0.4, -0.2) is 32.1 Å². The largest absolute Gasteiger partial charge is 0.340 e. The van der Waals surface area contributed by atoms with Crippen molar-refractivity contribution in [1.82, 2.24) is 4.90 Å². The molecule has 0 atom stereocenters. The molecule has 0 fully saturated rings. The van der Waals surface area contributed by atoms with Gasteiger partial charge in [0, 0.05) is 21.4 Å². The van der Waals surface area contributed by atoms with E-state index in [9.17, 15) is 0 Å². The highest BCUT2D eigenvalue weighted by atomic mass is 35.5. The third-order valence-electron chi connectivity index (χ3n) is 3.35. The second kappa shape index (κ2) is 6.30. The number of anilines is 2. The van der Waals surface area contributed by atoms with Gasteiger partial charge in [-0.05, 0) is 57.3 Å². The Balaban J connectivity index is 2.11. The number of benzene rings is 2. The number of fused-ring (bicyclic) bond motifs is 2. The molecular formula is C17H19ClN2S. The molecule has 0 bridgehead atoms. The van der Waals surface area contributed by atoms with Gasteiger partial charge in [0.25, 0.3) is 0 Å². The number of halogens is 1. The fraction of sp³-hybridized carbons (Fsp3) is 0.294. The maximum Gasteiger partial charge on any atom is 0.0661 e. The van der Waals surface area contributed by atoms with E-state index in [4.69, 9.17) is 15.7 Å². The van der Waals surface area contributed by atoms with Gasteiger partial charge in [-0.15, -0.1) is 0 Å². The van der Waals surface area contributed by atoms with Crippen LogP contribution in [0.1, 0.15) is 10.5 Å². The van der Waals surface area contributed by atoms with Gasteiger partial charge in [0.05, 0.1) is 15.5 Å². The Morgan fingerprint density at radius 2 is 2.00 bits per heavy atom. The molecule has 110 valence electrons. The molecule has 0 aromatic heterocycles. The van der Waals surface area contributed by atoms with Crippen LogP contribution < -0.4 is 4.90 Å². The smallest absolute Gasteiger partial charge is 0.0661 e. The molecule has 0 aliphatic carbocycles. The van der Waals surface area contributed by atoms with Crippen molar-refractivity contribution in [2.45, 2.75) is 16.2 Å². The summed E-state index contributed by atoms with van der Waals surface area (Å²) in [5.74, 6) is 0. The molecule has 0 radical (unpaired) electrons. The standard InChI is InChI=1S/C17H19ClN2S/c1-19(2)10-5-11-20-14-6-3-4-7-16(14)21-17-9-8-13(18)12-15(17)20/h3-4,6-9,12H,5,10-11H2,1-2H3/i8D,9D,12D. The van der Waals surface area contributed by atoms with Gasteiger partial charge >= 0.3 is 0 Å². The molecule has 2 nitrogen and oxygen atoms in total. The minimum absolute atomic E-state index is 0.0522. The molecule has 2 aromatic rings. The first kappa shape index (κ1) is 11.4. The van der Waals surface area contributed by atoms with Crippen LogP contribution in [0.25, 0.3) is 0 Å². The third kappa shape index (κ3) is 3.20. The molecule has 0 saturated carbocycles. The number of rotatable bonds is 4. The van der Waals surface area contributed by atoms with Gasteiger partial charge in [0.15, 0.2) is 0 Å². The molecule has 21 heavy (non-hydrogen) atoms. The predicted octanol–water partition coefficient (Wildman–Crippen LogP) is 4.89. The summed E-state index contributed by atoms with van der Waals surface area (Å²) in [5, 5.41) is 0.0522. The van der Waals surface area contributed by atoms with E-state index in [1.54, 1.807) is 0 Å². The molecule has 1 aliphatic rings. The normalized spacial score (nSPS) is 15.2. The molecule has 0 amide bonds. The van der Waals surface area contributed by atoms with Crippen molar-refractivity contribution in [2.24, 2.45) is 0 Å². The Morgan fingerprint density at radius 3 is 2.81 bits per heavy atom. The Morgan fingerprint density at radius 1 is 1.19 bits per heavy atom. The lowest BCUT2D eigenvalue weighted by atomic mass is 10.2. The summed E-state index contributed by atoms with van der Waals surface area (Å²) in [7, 11) is 4.07. The van der Waals surface area contributed by atoms with Crippen LogP contribution in [0.3, 0.4) is 0 Å². The summed E-state index contributed by atoms with van der Waals surface area (Å²) in [6.45, 7) is 1.67. The van der Waals surface area contributed by atoms with Crippen LogP contribution in [-0.2, 0) is 0 Å². The van der Waals surface area contributed by atoms with Crippen LogP contribution >= 0.6 is 23.4 Å². The third-order valence-corrected chi connectivity index (χ3v) is 4.61. The van der Waals surface area contributed by atoms with Crippen molar-refractivity contribution >= 4 is 34.7 Å². The lowest BCUT2D eigenvalue weighted by molar-refractivity contribution is 0.402. The van der Waals surface area contributed by atoms with Gasteiger partial charge in [-0.2, -0.15) is 0 Å². The molecule has 0 unspecified atom stereocenters. The zero-order valence-corrected chi connectivity index (χ0v) is 13.7. The molecule has 2 aromatic carbocycles. The fourth-order valence-corrected chi connectivity index (χ4v) is 3.55. The van der Waals surface area contributed by atoms with Crippen LogP contribution in [0.2, 0.25) is 5.02 Å². The maximum absolute atomic E-state index is 8.40. The highest BCUT2D eigenvalue weighted by molar-refractivity contribution is 7.99. The van der Waals surface area contributed by atoms with Gasteiger partial charge in [-0.3, -0.25) is 0 Å². The Kier molecular flexibility index (Phi) is 3.43. The van der Waals surface area contributed by atoms with Gasteiger partial charge in [-0.1, -0.05) is 35.5 Å². The topological polar surface area (TPSA) is 6.48 Å². The van der Waals surface area contributed by atoms with E-state index < -0.39 is 0 Å². The van der Waals surface area contributed by atoms with Crippen LogP contribution in [0, 0.1) is 0 Å². The zero-order chi connectivity index (χ0) is 17.4. The molecule has 0 N–H and O–H groups in total. The Bertz CT molecular complexity index is 783. The Labute approximate surface area is 139 Å². The van der Waals surface area contributed by atoms with E-state index in [1.807, 2.05) is 38.4 Å². The van der Waals surface area contributed by atoms with Crippen molar-refractivity contribution in [2.75, 3.05) is 32.1 Å². The first-order chi connectivity index (χ1) is 11.4. The first-order valence-electron chi connectivity index (χ1n) is 8.40. The van der Waals surface area contributed by atoms with Gasteiger partial charge < -0.3 is 9.80 Å². The molecule has 1 aliphatic heterocycles. The Hall–Kier alpha value is -1.16. The fourth-order valence-electron chi connectivity index (χ4n) is 2.40. The van der Waals surface area contributed by atoms with Crippen molar-refractivity contribution in [3.05, 3.63) is 47.4 Å². The summed E-state index contributed by atoms with van der Waals surface area (Å²) in [5.41, 5.74) is 1.69. The maximum atomic E-state index is 8.40. The summed E-state index contributed by atoms with van der Waals surface area (Å²) in [6.07, 6.45) is 0.929. The van der Waals surface area contributed by atoms with Crippen molar-refractivity contribution < 1.29 is 4.11 Å². The summed E-state index contributed by atoms with van der Waals surface area (Å²) in [4.78, 5) is 5.90. The monoisotopic (exact) mass is 321 g/mol. The second-order valence-electron chi connectivity index (χ2n) is 5.24. The average Bonchev–Trinajstić information content (AvgIpc) is 2.57. The molecule has 4 heteroatoms. The predicted molar refractivity (Wildman–Crippen MR) is 92.2 cm³/mol. The van der Waals surface area contributed by atoms with E-state index in [0.29, 0.717) is 10.6 Å². The minimum atomic E-state index is -0.0689. The number of nitrogens with zero attached hydrogens (tertiary/aromatic N) is 2. The highest BCUT2D eigenvalue weighted by Gasteiger charge is 2.22. The van der Waals surface area contributed by atoms with Crippen molar-refractivity contribution in [3.63, 3.8) is 0 Å². The number of hydrogen-bond donors (Lipinski definition) is 0. The molecule has 1 heterocycles. The van der Waals surface area contributed by atoms with Crippen LogP contribution in [0.4, 0.5) is 11.4 Å². The summed E-state index contributed by atoms with van der Waals surface area (Å²) in [6, 6.07) is 8.17. The number of para-hydroxylation sites is 1. The zero-order valence-electron chi connectivity index (χ0n) is 15.1. The molecular weight excluding hydrogens is 300 g/mol. The molecule has 0 spiro atoms. The van der Waals surface area contributed by atoms with Gasteiger partial charge in [0.1, 0.15) is 0 Å². The van der Waals surface area contributed by atoms with E-state index in [-0.39, 0.29) is 23.1 Å². The van der Waals surface area contributed by atoms with Crippen molar-refractivity contribution in [3.8, 4) is 0 Å². The quantitative estimate of drug-likeness (QED) is 0.791. The van der Waals surface area contributed by atoms with Crippen molar-refractivity contribution in [1.29, 1.82) is 0 Å². The molecule has 3 rings (SSSR count). The molecule has 0 saturated heterocycles. The highest BCUT2D eigenvalue weighted by Crippen LogP contribution is 2.48. The summed E-state index contributed by atoms with van der Waals surface area (Å²) >= 11 is 7.61. The van der Waals surface area contributed by atoms with Crippen LogP contribution in [0.15, 0.2) is 52.2 Å². The number of hydrogen-bond acceptors (Lipinski definition) is 3. The van der Waals surface area contributed by atoms with Gasteiger partial charge in [0.2, 0.25) is 0 Å². The van der Waals surface area contributed by atoms with E-state index in [0.717, 1.165) is 30.1 Å². The van der Waals surface area contributed by atoms with Crippen LogP contribution in [0.5, 0.6) is 0 Å².